The summed E-state index contributed by atoms with van der Waals surface area (Å²) in [4.78, 5) is 14.3. The van der Waals surface area contributed by atoms with E-state index in [2.05, 4.69) is 50.7 Å². The number of nitrogens with one attached hydrogen (secondary N) is 1. The maximum atomic E-state index is 12.0. The third kappa shape index (κ3) is 4.81. The molecule has 1 saturated heterocycles. The van der Waals surface area contributed by atoms with Crippen LogP contribution in [0.3, 0.4) is 0 Å². The molecule has 0 saturated carbocycles. The maximum absolute atomic E-state index is 12.0. The minimum Gasteiger partial charge on any atom is -0.355 e. The number of rotatable bonds is 4. The van der Waals surface area contributed by atoms with E-state index in [0.717, 1.165) is 31.2 Å². The van der Waals surface area contributed by atoms with Crippen LogP contribution in [-0.2, 0) is 11.2 Å². The first-order valence-electron chi connectivity index (χ1n) is 9.36. The highest BCUT2D eigenvalue weighted by atomic mass is 16.2. The zero-order valence-corrected chi connectivity index (χ0v) is 15.9. The van der Waals surface area contributed by atoms with Gasteiger partial charge in [0.15, 0.2) is 11.6 Å². The second kappa shape index (κ2) is 7.85. The van der Waals surface area contributed by atoms with Gasteiger partial charge in [0.25, 0.3) is 0 Å². The van der Waals surface area contributed by atoms with Gasteiger partial charge < -0.3 is 10.2 Å². The van der Waals surface area contributed by atoms with E-state index in [4.69, 9.17) is 0 Å². The van der Waals surface area contributed by atoms with Gasteiger partial charge in [-0.1, -0.05) is 51.1 Å². The Morgan fingerprint density at radius 1 is 1.08 bits per heavy atom. The Balaban J connectivity index is 1.52. The van der Waals surface area contributed by atoms with Gasteiger partial charge >= 0.3 is 0 Å². The average Bonchev–Trinajstić information content (AvgIpc) is 2.63. The van der Waals surface area contributed by atoms with Crippen molar-refractivity contribution >= 4 is 17.5 Å². The fourth-order valence-electron chi connectivity index (χ4n) is 3.18. The fourth-order valence-corrected chi connectivity index (χ4v) is 3.18. The molecule has 0 atom stereocenters. The van der Waals surface area contributed by atoms with E-state index >= 15 is 0 Å². The van der Waals surface area contributed by atoms with Crippen LogP contribution in [0.25, 0.3) is 0 Å². The van der Waals surface area contributed by atoms with E-state index < -0.39 is 5.41 Å². The molecule has 1 aliphatic rings. The van der Waals surface area contributed by atoms with Crippen molar-refractivity contribution in [2.45, 2.75) is 40.0 Å². The van der Waals surface area contributed by atoms with Crippen molar-refractivity contribution in [2.24, 2.45) is 11.3 Å². The highest BCUT2D eigenvalue weighted by Crippen LogP contribution is 2.25. The largest absolute Gasteiger partial charge is 0.355 e. The highest BCUT2D eigenvalue weighted by Gasteiger charge is 2.23. The van der Waals surface area contributed by atoms with Crippen molar-refractivity contribution in [3.63, 3.8) is 0 Å². The number of carbonyl (C=O) groups is 1. The highest BCUT2D eigenvalue weighted by molar-refractivity contribution is 5.93. The first-order valence-corrected chi connectivity index (χ1v) is 9.36. The summed E-state index contributed by atoms with van der Waals surface area (Å²) in [6.45, 7) is 7.64. The average molecular weight is 352 g/mol. The lowest BCUT2D eigenvalue weighted by Crippen LogP contribution is -2.35. The summed E-state index contributed by atoms with van der Waals surface area (Å²) >= 11 is 0. The Labute approximate surface area is 155 Å². The van der Waals surface area contributed by atoms with Crippen molar-refractivity contribution < 1.29 is 4.79 Å². The molecule has 0 radical (unpaired) electrons. The molecule has 1 fully saturated rings. The van der Waals surface area contributed by atoms with Crippen molar-refractivity contribution in [1.29, 1.82) is 0 Å². The molecular weight excluding hydrogens is 324 g/mol. The van der Waals surface area contributed by atoms with Gasteiger partial charge in [-0.05, 0) is 42.9 Å². The standard InChI is InChI=1S/C21H28N4O/c1-21(2,3)20(26)22-18-9-10-19(24-23-18)25-13-11-17(12-14-25)15-16-7-5-4-6-8-16/h4-10,17H,11-15H2,1-3H3,(H,22,23,26). The lowest BCUT2D eigenvalue weighted by Gasteiger charge is -2.32. The second-order valence-electron chi connectivity index (χ2n) is 8.10. The summed E-state index contributed by atoms with van der Waals surface area (Å²) in [6, 6.07) is 14.5. The molecule has 0 aliphatic carbocycles. The van der Waals surface area contributed by atoms with E-state index in [9.17, 15) is 4.79 Å². The molecule has 1 aromatic carbocycles. The van der Waals surface area contributed by atoms with Crippen LogP contribution < -0.4 is 10.2 Å². The molecular formula is C21H28N4O. The Hall–Kier alpha value is -2.43. The molecule has 1 amide bonds. The molecule has 138 valence electrons. The molecule has 3 rings (SSSR count). The van der Waals surface area contributed by atoms with Crippen molar-refractivity contribution in [3.05, 3.63) is 48.0 Å². The van der Waals surface area contributed by atoms with Gasteiger partial charge in [-0.25, -0.2) is 0 Å². The maximum Gasteiger partial charge on any atom is 0.230 e. The monoisotopic (exact) mass is 352 g/mol. The molecule has 0 spiro atoms. The van der Waals surface area contributed by atoms with Crippen LogP contribution in [0.2, 0.25) is 0 Å². The van der Waals surface area contributed by atoms with Crippen LogP contribution in [0.4, 0.5) is 11.6 Å². The Morgan fingerprint density at radius 3 is 2.35 bits per heavy atom. The van der Waals surface area contributed by atoms with Gasteiger partial charge in [0.2, 0.25) is 5.91 Å². The van der Waals surface area contributed by atoms with Crippen LogP contribution in [0, 0.1) is 11.3 Å². The summed E-state index contributed by atoms with van der Waals surface area (Å²) in [7, 11) is 0. The molecule has 1 aromatic heterocycles. The van der Waals surface area contributed by atoms with Gasteiger partial charge in [-0.2, -0.15) is 0 Å². The van der Waals surface area contributed by atoms with Gasteiger partial charge in [-0.15, -0.1) is 10.2 Å². The second-order valence-corrected chi connectivity index (χ2v) is 8.10. The SMILES string of the molecule is CC(C)(C)C(=O)Nc1ccc(N2CCC(Cc3ccccc3)CC2)nn1. The normalized spacial score (nSPS) is 15.7. The number of hydrogen-bond acceptors (Lipinski definition) is 4. The van der Waals surface area contributed by atoms with E-state index in [1.165, 1.54) is 18.4 Å². The summed E-state index contributed by atoms with van der Waals surface area (Å²) in [6.07, 6.45) is 3.48. The molecule has 2 aromatic rings. The summed E-state index contributed by atoms with van der Waals surface area (Å²) < 4.78 is 0. The number of carbonyl (C=O) groups excluding carboxylic acids is 1. The number of benzene rings is 1. The van der Waals surface area contributed by atoms with E-state index in [1.807, 2.05) is 32.9 Å². The molecule has 1 aliphatic heterocycles. The van der Waals surface area contributed by atoms with Crippen molar-refractivity contribution in [1.82, 2.24) is 10.2 Å². The molecule has 0 bridgehead atoms. The summed E-state index contributed by atoms with van der Waals surface area (Å²) in [5.41, 5.74) is 0.978. The topological polar surface area (TPSA) is 58.1 Å². The summed E-state index contributed by atoms with van der Waals surface area (Å²) in [5, 5.41) is 11.3. The van der Waals surface area contributed by atoms with Gasteiger partial charge in [0, 0.05) is 18.5 Å². The van der Waals surface area contributed by atoms with Crippen molar-refractivity contribution in [3.8, 4) is 0 Å². The molecule has 26 heavy (non-hydrogen) atoms. The number of nitrogens with zero attached hydrogens (tertiary/aromatic N) is 3. The third-order valence-electron chi connectivity index (χ3n) is 4.88. The number of anilines is 2. The zero-order valence-electron chi connectivity index (χ0n) is 15.9. The Morgan fingerprint density at radius 2 is 1.77 bits per heavy atom. The third-order valence-corrected chi connectivity index (χ3v) is 4.88. The first kappa shape index (κ1) is 18.4. The van der Waals surface area contributed by atoms with Gasteiger partial charge in [0.05, 0.1) is 0 Å². The predicted molar refractivity (Wildman–Crippen MR) is 105 cm³/mol. The quantitative estimate of drug-likeness (QED) is 0.906. The van der Waals surface area contributed by atoms with Crippen LogP contribution >= 0.6 is 0 Å². The lowest BCUT2D eigenvalue weighted by atomic mass is 9.90. The van der Waals surface area contributed by atoms with Crippen LogP contribution in [0.15, 0.2) is 42.5 Å². The minimum atomic E-state index is -0.443. The Kier molecular flexibility index (Phi) is 5.55. The molecule has 1 N–H and O–H groups in total. The van der Waals surface area contributed by atoms with E-state index in [-0.39, 0.29) is 5.91 Å². The number of amides is 1. The number of hydrogen-bond donors (Lipinski definition) is 1. The molecule has 5 heteroatoms. The zero-order chi connectivity index (χ0) is 18.6. The van der Waals surface area contributed by atoms with E-state index in [1.54, 1.807) is 0 Å². The van der Waals surface area contributed by atoms with Gasteiger partial charge in [-0.3, -0.25) is 4.79 Å². The predicted octanol–water partition coefficient (Wildman–Crippen LogP) is 3.92. The van der Waals surface area contributed by atoms with Crippen LogP contribution in [-0.4, -0.2) is 29.2 Å². The van der Waals surface area contributed by atoms with Crippen LogP contribution in [0.5, 0.6) is 0 Å². The Bertz CT molecular complexity index is 714. The molecule has 2 heterocycles. The lowest BCUT2D eigenvalue weighted by molar-refractivity contribution is -0.123. The smallest absolute Gasteiger partial charge is 0.230 e. The molecule has 5 nitrogen and oxygen atoms in total. The molecule has 0 unspecified atom stereocenters. The summed E-state index contributed by atoms with van der Waals surface area (Å²) in [5.74, 6) is 2.07. The van der Waals surface area contributed by atoms with Crippen LogP contribution in [0.1, 0.15) is 39.2 Å². The van der Waals surface area contributed by atoms with Gasteiger partial charge in [0.1, 0.15) is 0 Å². The first-order chi connectivity index (χ1) is 12.4. The number of aromatic nitrogens is 2. The fraction of sp³-hybridized carbons (Fsp3) is 0.476. The van der Waals surface area contributed by atoms with Crippen molar-refractivity contribution in [2.75, 3.05) is 23.3 Å². The minimum absolute atomic E-state index is 0.0544. The number of piperidine rings is 1. The van der Waals surface area contributed by atoms with E-state index in [0.29, 0.717) is 5.82 Å².